The van der Waals surface area contributed by atoms with Gasteiger partial charge in [-0.3, -0.25) is 15.0 Å². The van der Waals surface area contributed by atoms with E-state index in [-0.39, 0.29) is 45.6 Å². The molecule has 210 valence electrons. The number of hydrogen-bond acceptors (Lipinski definition) is 8. The van der Waals surface area contributed by atoms with E-state index >= 15 is 0 Å². The molecule has 1 saturated heterocycles. The first-order chi connectivity index (χ1) is 18.5. The Bertz CT molecular complexity index is 1450. The number of hydrogen-bond donors (Lipinski definition) is 1. The molecule has 0 unspecified atom stereocenters. The number of halogens is 1. The monoisotopic (exact) mass is 557 g/mol. The predicted octanol–water partition coefficient (Wildman–Crippen LogP) is 3.17. The zero-order chi connectivity index (χ0) is 28.5. The molecule has 0 aliphatic carbocycles. The second kappa shape index (κ2) is 11.4. The van der Waals surface area contributed by atoms with Crippen molar-refractivity contribution in [3.8, 4) is 5.75 Å². The Morgan fingerprint density at radius 3 is 2.38 bits per heavy atom. The smallest absolute Gasteiger partial charge is 0.257 e. The summed E-state index contributed by atoms with van der Waals surface area (Å²) < 4.78 is 13.8. The van der Waals surface area contributed by atoms with Gasteiger partial charge in [-0.1, -0.05) is 32.4 Å². The lowest BCUT2D eigenvalue weighted by atomic mass is 9.84. The van der Waals surface area contributed by atoms with Crippen LogP contribution in [-0.4, -0.2) is 82.5 Å². The molecule has 12 heteroatoms. The number of ketones is 1. The Morgan fingerprint density at radius 2 is 1.79 bits per heavy atom. The number of fused-ring (bicyclic) bond motifs is 1. The molecule has 1 aliphatic heterocycles. The van der Waals surface area contributed by atoms with E-state index in [1.54, 1.807) is 12.0 Å². The van der Waals surface area contributed by atoms with E-state index in [0.29, 0.717) is 45.0 Å². The number of amides is 1. The number of nitrogens with zero attached hydrogens (tertiary/aromatic N) is 6. The second-order valence-corrected chi connectivity index (χ2v) is 10.8. The first kappa shape index (κ1) is 28.6. The van der Waals surface area contributed by atoms with Crippen LogP contribution in [0.3, 0.4) is 0 Å². The van der Waals surface area contributed by atoms with Gasteiger partial charge in [0, 0.05) is 37.3 Å². The molecule has 0 radical (unpaired) electrons. The Balaban J connectivity index is 1.78. The minimum absolute atomic E-state index is 0.0579. The van der Waals surface area contributed by atoms with Crippen LogP contribution in [0.1, 0.15) is 60.9 Å². The van der Waals surface area contributed by atoms with Crippen molar-refractivity contribution < 1.29 is 19.1 Å². The first-order valence-corrected chi connectivity index (χ1v) is 13.5. The zero-order valence-electron chi connectivity index (χ0n) is 23.4. The Labute approximate surface area is 232 Å². The van der Waals surface area contributed by atoms with E-state index in [1.165, 1.54) is 15.3 Å². The van der Waals surface area contributed by atoms with Crippen LogP contribution >= 0.6 is 11.6 Å². The maximum atomic E-state index is 13.7. The number of benzene rings is 1. The van der Waals surface area contributed by atoms with Gasteiger partial charge in [0.05, 0.1) is 31.6 Å². The molecule has 0 spiro atoms. The van der Waals surface area contributed by atoms with E-state index in [1.807, 2.05) is 26.0 Å². The topological polar surface area (TPSA) is 118 Å². The number of anilines is 1. The Morgan fingerprint density at radius 1 is 1.13 bits per heavy atom. The van der Waals surface area contributed by atoms with Crippen LogP contribution in [0, 0.1) is 5.41 Å². The number of carbonyl (C=O) groups excluding carboxylic acids is 2. The van der Waals surface area contributed by atoms with Gasteiger partial charge in [0.2, 0.25) is 5.62 Å². The number of rotatable bonds is 8. The van der Waals surface area contributed by atoms with E-state index in [2.05, 4.69) is 35.9 Å². The molecule has 4 rings (SSSR count). The number of aromatic nitrogens is 4. The molecular weight excluding hydrogens is 522 g/mol. The standard InChI is InChI=1S/C27H36ClN7O4/c1-7-32(8-2)25(37)18-15-22(28)30-35-24(18)31-34(26(35)29)16-21(36)17-13-19(27(3,4)5)23(38-6)20(14-17)33-9-11-39-12-10-33/h13-15,29H,7-12,16H2,1-6H3. The summed E-state index contributed by atoms with van der Waals surface area (Å²) in [6.07, 6.45) is 0. The molecular formula is C27H36ClN7O4. The summed E-state index contributed by atoms with van der Waals surface area (Å²) in [5, 5.41) is 17.3. The van der Waals surface area contributed by atoms with Crippen LogP contribution < -0.4 is 15.3 Å². The van der Waals surface area contributed by atoms with E-state index in [4.69, 9.17) is 26.5 Å². The highest BCUT2D eigenvalue weighted by Gasteiger charge is 2.28. The summed E-state index contributed by atoms with van der Waals surface area (Å²) in [7, 11) is 1.64. The van der Waals surface area contributed by atoms with Gasteiger partial charge in [0.25, 0.3) is 5.91 Å². The fraction of sp³-hybridized carbons (Fsp3) is 0.519. The van der Waals surface area contributed by atoms with Crippen LogP contribution in [0.4, 0.5) is 5.69 Å². The van der Waals surface area contributed by atoms with Gasteiger partial charge in [-0.15, -0.1) is 5.10 Å². The molecule has 0 atom stereocenters. The van der Waals surface area contributed by atoms with Gasteiger partial charge in [-0.05, 0) is 37.5 Å². The largest absolute Gasteiger partial charge is 0.494 e. The Hall–Kier alpha value is -3.44. The van der Waals surface area contributed by atoms with E-state index in [0.717, 1.165) is 17.0 Å². The lowest BCUT2D eigenvalue weighted by Gasteiger charge is -2.33. The second-order valence-electron chi connectivity index (χ2n) is 10.4. The third kappa shape index (κ3) is 5.65. The van der Waals surface area contributed by atoms with Crippen LogP contribution in [-0.2, 0) is 16.7 Å². The van der Waals surface area contributed by atoms with Gasteiger partial charge in [0.1, 0.15) is 12.3 Å². The van der Waals surface area contributed by atoms with Crippen molar-refractivity contribution in [3.63, 3.8) is 0 Å². The summed E-state index contributed by atoms with van der Waals surface area (Å²) >= 11 is 6.21. The van der Waals surface area contributed by atoms with Crippen molar-refractivity contribution in [3.05, 3.63) is 45.7 Å². The lowest BCUT2D eigenvalue weighted by molar-refractivity contribution is 0.0774. The van der Waals surface area contributed by atoms with Crippen molar-refractivity contribution >= 4 is 34.6 Å². The normalized spacial score (nSPS) is 14.1. The van der Waals surface area contributed by atoms with Crippen molar-refractivity contribution in [1.29, 1.82) is 5.41 Å². The highest BCUT2D eigenvalue weighted by atomic mass is 35.5. The maximum Gasteiger partial charge on any atom is 0.257 e. The van der Waals surface area contributed by atoms with E-state index in [9.17, 15) is 9.59 Å². The summed E-state index contributed by atoms with van der Waals surface area (Å²) in [5.74, 6) is 0.237. The molecule has 11 nitrogen and oxygen atoms in total. The fourth-order valence-corrected chi connectivity index (χ4v) is 4.93. The van der Waals surface area contributed by atoms with Gasteiger partial charge in [-0.2, -0.15) is 9.61 Å². The van der Waals surface area contributed by atoms with Crippen molar-refractivity contribution in [1.82, 2.24) is 24.3 Å². The molecule has 3 aromatic rings. The summed E-state index contributed by atoms with van der Waals surface area (Å²) in [4.78, 5) is 30.6. The van der Waals surface area contributed by atoms with Crippen LogP contribution in [0.2, 0.25) is 5.15 Å². The molecule has 1 aromatic carbocycles. The van der Waals surface area contributed by atoms with Gasteiger partial charge < -0.3 is 19.3 Å². The molecule has 3 heterocycles. The molecule has 1 fully saturated rings. The van der Waals surface area contributed by atoms with Gasteiger partial charge in [-0.25, -0.2) is 4.68 Å². The number of carbonyl (C=O) groups is 2. The molecule has 2 aromatic heterocycles. The van der Waals surface area contributed by atoms with Crippen LogP contribution in [0.25, 0.3) is 5.65 Å². The average molecular weight is 558 g/mol. The first-order valence-electron chi connectivity index (χ1n) is 13.1. The molecule has 1 aliphatic rings. The molecule has 1 N–H and O–H groups in total. The number of Topliss-reactive ketones (excluding diaryl/α,β-unsaturated/α-hetero) is 1. The Kier molecular flexibility index (Phi) is 8.31. The minimum Gasteiger partial charge on any atom is -0.494 e. The number of morpholine rings is 1. The lowest BCUT2D eigenvalue weighted by Crippen LogP contribution is -2.37. The number of ether oxygens (including phenoxy) is 2. The van der Waals surface area contributed by atoms with Gasteiger partial charge >= 0.3 is 0 Å². The minimum atomic E-state index is -0.292. The van der Waals surface area contributed by atoms with Crippen LogP contribution in [0.15, 0.2) is 18.2 Å². The van der Waals surface area contributed by atoms with Crippen molar-refractivity contribution in [2.45, 2.75) is 46.6 Å². The predicted molar refractivity (Wildman–Crippen MR) is 148 cm³/mol. The third-order valence-corrected chi connectivity index (χ3v) is 7.08. The zero-order valence-corrected chi connectivity index (χ0v) is 24.1. The quantitative estimate of drug-likeness (QED) is 0.423. The number of methoxy groups -OCH3 is 1. The van der Waals surface area contributed by atoms with Crippen molar-refractivity contribution in [2.75, 3.05) is 51.4 Å². The van der Waals surface area contributed by atoms with E-state index < -0.39 is 0 Å². The number of nitrogens with one attached hydrogen (secondary N) is 1. The molecule has 0 bridgehead atoms. The summed E-state index contributed by atoms with van der Waals surface area (Å²) in [5.41, 5.74) is 2.18. The molecule has 0 saturated carbocycles. The van der Waals surface area contributed by atoms with Crippen molar-refractivity contribution in [2.24, 2.45) is 0 Å². The summed E-state index contributed by atoms with van der Waals surface area (Å²) in [6.45, 7) is 13.3. The molecule has 1 amide bonds. The highest BCUT2D eigenvalue weighted by Crippen LogP contribution is 2.40. The summed E-state index contributed by atoms with van der Waals surface area (Å²) in [6, 6.07) is 5.14. The fourth-order valence-electron chi connectivity index (χ4n) is 4.75. The SMILES string of the molecule is CCN(CC)C(=O)c1cc(Cl)nn2c(=N)n(CC(=O)c3cc(N4CCOCC4)c(OC)c(C(C)(C)C)c3)nc12. The average Bonchev–Trinajstić information content (AvgIpc) is 3.22. The van der Waals surface area contributed by atoms with Crippen LogP contribution in [0.5, 0.6) is 5.75 Å². The highest BCUT2D eigenvalue weighted by molar-refractivity contribution is 6.29. The van der Waals surface area contributed by atoms with Gasteiger partial charge in [0.15, 0.2) is 16.6 Å². The maximum absolute atomic E-state index is 13.7. The third-order valence-electron chi connectivity index (χ3n) is 6.89. The molecule has 39 heavy (non-hydrogen) atoms.